The van der Waals surface area contributed by atoms with Gasteiger partial charge in [0.05, 0.1) is 11.4 Å². The summed E-state index contributed by atoms with van der Waals surface area (Å²) in [6.07, 6.45) is 0. The van der Waals surface area contributed by atoms with Gasteiger partial charge in [-0.3, -0.25) is 0 Å². The van der Waals surface area contributed by atoms with Crippen molar-refractivity contribution in [2.45, 2.75) is 38.5 Å². The molecule has 5 nitrogen and oxygen atoms in total. The van der Waals surface area contributed by atoms with E-state index in [0.29, 0.717) is 17.5 Å². The smallest absolute Gasteiger partial charge is 0.164 e. The van der Waals surface area contributed by atoms with Crippen LogP contribution in [0.15, 0.2) is 211 Å². The van der Waals surface area contributed by atoms with Crippen molar-refractivity contribution in [3.8, 4) is 67.5 Å². The molecule has 0 saturated heterocycles. The molecule has 13 rings (SSSR count). The summed E-state index contributed by atoms with van der Waals surface area (Å²) in [7, 11) is 0. The number of anilines is 3. The van der Waals surface area contributed by atoms with Crippen molar-refractivity contribution in [3.05, 3.63) is 229 Å². The molecule has 68 heavy (non-hydrogen) atoms. The number of nitrogens with zero attached hydrogens (tertiary/aromatic N) is 4. The molecule has 11 aromatic rings. The van der Waals surface area contributed by atoms with Crippen molar-refractivity contribution in [1.82, 2.24) is 15.0 Å². The van der Waals surface area contributed by atoms with E-state index in [0.717, 1.165) is 55.4 Å². The van der Waals surface area contributed by atoms with Crippen LogP contribution in [0.3, 0.4) is 0 Å². The highest BCUT2D eigenvalue weighted by molar-refractivity contribution is 6.13. The second kappa shape index (κ2) is 15.1. The fourth-order valence-electron chi connectivity index (χ4n) is 11.2. The molecular formula is C63H46N4O. The monoisotopic (exact) mass is 874 g/mol. The molecule has 2 aromatic heterocycles. The standard InChI is InChI=1S/C63H46N4O/c1-62(2)48-25-13-11-22-44(48)57-50(62)27-16-29-52(57)67(53-30-17-28-51-58(53)45-23-12-14-26-49(45)63(51,3)4)43-35-32-39(33-36-43)42-34-37-54-47(38-42)56-46(24-15-31-55(56)68-54)61-65-59(40-18-7-5-8-19-40)64-60(66-61)41-20-9-6-10-21-41/h5-38H,1-4H3. The number of hydrogen-bond acceptors (Lipinski definition) is 5. The van der Waals surface area contributed by atoms with Gasteiger partial charge in [0.2, 0.25) is 0 Å². The Kier molecular flexibility index (Phi) is 8.84. The van der Waals surface area contributed by atoms with Gasteiger partial charge in [-0.15, -0.1) is 0 Å². The minimum absolute atomic E-state index is 0.141. The number of furan rings is 1. The summed E-state index contributed by atoms with van der Waals surface area (Å²) in [6.45, 7) is 9.43. The average molecular weight is 875 g/mol. The SMILES string of the molecule is CC1(C)c2ccccc2-c2c(N(c3ccc(-c4ccc5oc6cccc(-c7nc(-c8ccccc8)nc(-c8ccccc8)n7)c6c5c4)cc3)c3cccc4c3-c3ccccc3C4(C)C)cccc21. The van der Waals surface area contributed by atoms with Gasteiger partial charge in [0.1, 0.15) is 11.2 Å². The summed E-state index contributed by atoms with van der Waals surface area (Å²) in [5.74, 6) is 1.84. The van der Waals surface area contributed by atoms with E-state index < -0.39 is 0 Å². The maximum atomic E-state index is 6.56. The molecule has 2 aliphatic rings. The second-order valence-corrected chi connectivity index (χ2v) is 19.2. The lowest BCUT2D eigenvalue weighted by Crippen LogP contribution is -2.17. The fourth-order valence-corrected chi connectivity index (χ4v) is 11.2. The molecule has 0 amide bonds. The molecule has 0 saturated carbocycles. The Morgan fingerprint density at radius 3 is 1.41 bits per heavy atom. The number of aromatic nitrogens is 3. The van der Waals surface area contributed by atoms with E-state index in [1.165, 1.54) is 55.9 Å². The first-order valence-electron chi connectivity index (χ1n) is 23.4. The molecule has 2 heterocycles. The first kappa shape index (κ1) is 39.9. The molecule has 0 radical (unpaired) electrons. The quantitative estimate of drug-likeness (QED) is 0.160. The zero-order chi connectivity index (χ0) is 45.7. The van der Waals surface area contributed by atoms with Gasteiger partial charge in [-0.2, -0.15) is 0 Å². The zero-order valence-electron chi connectivity index (χ0n) is 38.3. The number of fused-ring (bicyclic) bond motifs is 9. The van der Waals surface area contributed by atoms with Crippen LogP contribution in [-0.4, -0.2) is 15.0 Å². The third kappa shape index (κ3) is 6.05. The van der Waals surface area contributed by atoms with Gasteiger partial charge in [-0.1, -0.05) is 191 Å². The van der Waals surface area contributed by atoms with E-state index in [2.05, 4.69) is 166 Å². The summed E-state index contributed by atoms with van der Waals surface area (Å²) in [5.41, 5.74) is 20.3. The van der Waals surface area contributed by atoms with E-state index in [1.54, 1.807) is 0 Å². The predicted molar refractivity (Wildman–Crippen MR) is 279 cm³/mol. The molecule has 0 bridgehead atoms. The lowest BCUT2D eigenvalue weighted by molar-refractivity contribution is 0.660. The van der Waals surface area contributed by atoms with Crippen molar-refractivity contribution in [2.24, 2.45) is 0 Å². The molecule has 2 aliphatic carbocycles. The summed E-state index contributed by atoms with van der Waals surface area (Å²) in [5, 5.41) is 1.97. The van der Waals surface area contributed by atoms with Crippen molar-refractivity contribution in [1.29, 1.82) is 0 Å². The molecule has 0 spiro atoms. The van der Waals surface area contributed by atoms with Crippen LogP contribution >= 0.6 is 0 Å². The maximum absolute atomic E-state index is 6.56. The lowest BCUT2D eigenvalue weighted by atomic mass is 9.82. The van der Waals surface area contributed by atoms with Gasteiger partial charge in [0, 0.05) is 55.1 Å². The Bertz CT molecular complexity index is 3630. The summed E-state index contributed by atoms with van der Waals surface area (Å²) >= 11 is 0. The lowest BCUT2D eigenvalue weighted by Gasteiger charge is -2.31. The average Bonchev–Trinajstić information content (AvgIpc) is 3.97. The van der Waals surface area contributed by atoms with Crippen LogP contribution in [0, 0.1) is 0 Å². The largest absolute Gasteiger partial charge is 0.456 e. The van der Waals surface area contributed by atoms with Crippen molar-refractivity contribution in [2.75, 3.05) is 4.90 Å². The summed E-state index contributed by atoms with van der Waals surface area (Å²) in [6, 6.07) is 73.6. The van der Waals surface area contributed by atoms with Crippen molar-refractivity contribution < 1.29 is 4.42 Å². The minimum atomic E-state index is -0.141. The highest BCUT2D eigenvalue weighted by Crippen LogP contribution is 2.58. The molecule has 0 aliphatic heterocycles. The number of rotatable bonds is 7. The normalized spacial score (nSPS) is 13.8. The Morgan fingerprint density at radius 2 is 0.838 bits per heavy atom. The summed E-state index contributed by atoms with van der Waals surface area (Å²) in [4.78, 5) is 17.7. The Balaban J connectivity index is 0.965. The van der Waals surface area contributed by atoms with Crippen LogP contribution in [0.1, 0.15) is 49.9 Å². The third-order valence-electron chi connectivity index (χ3n) is 14.5. The van der Waals surface area contributed by atoms with Gasteiger partial charge in [-0.25, -0.2) is 15.0 Å². The molecule has 0 N–H and O–H groups in total. The predicted octanol–water partition coefficient (Wildman–Crippen LogP) is 16.5. The van der Waals surface area contributed by atoms with Crippen LogP contribution < -0.4 is 4.90 Å². The van der Waals surface area contributed by atoms with E-state index in [4.69, 9.17) is 19.4 Å². The Hall–Kier alpha value is -8.41. The minimum Gasteiger partial charge on any atom is -0.456 e. The highest BCUT2D eigenvalue weighted by atomic mass is 16.3. The van der Waals surface area contributed by atoms with Gasteiger partial charge < -0.3 is 9.32 Å². The molecular weight excluding hydrogens is 829 g/mol. The Labute approximate surface area is 396 Å². The fraction of sp³-hybridized carbons (Fsp3) is 0.0952. The van der Waals surface area contributed by atoms with Crippen LogP contribution in [-0.2, 0) is 10.8 Å². The molecule has 324 valence electrons. The van der Waals surface area contributed by atoms with Crippen LogP contribution in [0.2, 0.25) is 0 Å². The molecule has 0 unspecified atom stereocenters. The molecule has 9 aromatic carbocycles. The topological polar surface area (TPSA) is 55.1 Å². The number of hydrogen-bond donors (Lipinski definition) is 0. The third-order valence-corrected chi connectivity index (χ3v) is 14.5. The van der Waals surface area contributed by atoms with E-state index in [9.17, 15) is 0 Å². The second-order valence-electron chi connectivity index (χ2n) is 19.2. The first-order valence-corrected chi connectivity index (χ1v) is 23.4. The van der Waals surface area contributed by atoms with E-state index in [1.807, 2.05) is 72.8 Å². The Morgan fingerprint density at radius 1 is 0.368 bits per heavy atom. The molecule has 0 fully saturated rings. The van der Waals surface area contributed by atoms with Gasteiger partial charge >= 0.3 is 0 Å². The van der Waals surface area contributed by atoms with E-state index in [-0.39, 0.29) is 10.8 Å². The van der Waals surface area contributed by atoms with Gasteiger partial charge in [0.15, 0.2) is 17.5 Å². The van der Waals surface area contributed by atoms with Crippen molar-refractivity contribution >= 4 is 39.0 Å². The van der Waals surface area contributed by atoms with Crippen LogP contribution in [0.4, 0.5) is 17.1 Å². The van der Waals surface area contributed by atoms with E-state index >= 15 is 0 Å². The van der Waals surface area contributed by atoms with Gasteiger partial charge in [-0.05, 0) is 87.0 Å². The summed E-state index contributed by atoms with van der Waals surface area (Å²) < 4.78 is 6.56. The zero-order valence-corrected chi connectivity index (χ0v) is 38.3. The number of benzene rings is 9. The van der Waals surface area contributed by atoms with Crippen molar-refractivity contribution in [3.63, 3.8) is 0 Å². The maximum Gasteiger partial charge on any atom is 0.164 e. The van der Waals surface area contributed by atoms with Crippen LogP contribution in [0.25, 0.3) is 89.5 Å². The van der Waals surface area contributed by atoms with Gasteiger partial charge in [0.25, 0.3) is 0 Å². The molecule has 0 atom stereocenters. The molecule has 5 heteroatoms. The first-order chi connectivity index (χ1) is 33.2. The highest BCUT2D eigenvalue weighted by Gasteiger charge is 2.40. The van der Waals surface area contributed by atoms with Crippen LogP contribution in [0.5, 0.6) is 0 Å².